The van der Waals surface area contributed by atoms with Crippen LogP contribution in [0.5, 0.6) is 0 Å². The minimum absolute atomic E-state index is 0.00553. The van der Waals surface area contributed by atoms with Crippen LogP contribution in [0.3, 0.4) is 0 Å². The SMILES string of the molecule is CC(C)NC(=O)Cn1ncc(Cl)c(Cl)c1=O. The van der Waals surface area contributed by atoms with Gasteiger partial charge in [0.15, 0.2) is 0 Å². The molecule has 0 fully saturated rings. The van der Waals surface area contributed by atoms with E-state index in [0.29, 0.717) is 0 Å². The molecule has 0 aliphatic heterocycles. The third-order valence-corrected chi connectivity index (χ3v) is 2.43. The summed E-state index contributed by atoms with van der Waals surface area (Å²) in [4.78, 5) is 22.9. The standard InChI is InChI=1S/C9H11Cl2N3O2/c1-5(2)13-7(15)4-14-9(16)8(11)6(10)3-12-14/h3,5H,4H2,1-2H3,(H,13,15). The normalized spacial score (nSPS) is 10.6. The smallest absolute Gasteiger partial charge is 0.287 e. The molecule has 0 aromatic carbocycles. The zero-order valence-electron chi connectivity index (χ0n) is 8.83. The molecule has 1 amide bonds. The Morgan fingerprint density at radius 3 is 2.75 bits per heavy atom. The van der Waals surface area contributed by atoms with Gasteiger partial charge in [0.1, 0.15) is 11.6 Å². The largest absolute Gasteiger partial charge is 0.352 e. The number of aromatic nitrogens is 2. The van der Waals surface area contributed by atoms with Gasteiger partial charge in [-0.3, -0.25) is 9.59 Å². The van der Waals surface area contributed by atoms with Crippen LogP contribution in [-0.2, 0) is 11.3 Å². The highest BCUT2D eigenvalue weighted by atomic mass is 35.5. The fraction of sp³-hybridized carbons (Fsp3) is 0.444. The zero-order chi connectivity index (χ0) is 12.3. The molecule has 0 atom stereocenters. The van der Waals surface area contributed by atoms with Crippen molar-refractivity contribution in [1.82, 2.24) is 15.1 Å². The van der Waals surface area contributed by atoms with Crippen LogP contribution in [0.15, 0.2) is 11.0 Å². The van der Waals surface area contributed by atoms with Gasteiger partial charge in [-0.25, -0.2) is 4.68 Å². The average molecular weight is 264 g/mol. The lowest BCUT2D eigenvalue weighted by Crippen LogP contribution is -2.37. The summed E-state index contributed by atoms with van der Waals surface area (Å²) in [6.07, 6.45) is 1.23. The quantitative estimate of drug-likeness (QED) is 0.888. The maximum absolute atomic E-state index is 11.5. The van der Waals surface area contributed by atoms with E-state index < -0.39 is 5.56 Å². The van der Waals surface area contributed by atoms with Crippen molar-refractivity contribution in [2.45, 2.75) is 26.4 Å². The van der Waals surface area contributed by atoms with Gasteiger partial charge in [0.05, 0.1) is 11.2 Å². The van der Waals surface area contributed by atoms with E-state index in [-0.39, 0.29) is 28.5 Å². The van der Waals surface area contributed by atoms with Gasteiger partial charge in [-0.1, -0.05) is 23.2 Å². The Balaban J connectivity index is 2.87. The van der Waals surface area contributed by atoms with Crippen molar-refractivity contribution in [3.8, 4) is 0 Å². The Bertz CT molecular complexity index is 457. The summed E-state index contributed by atoms with van der Waals surface area (Å²) in [7, 11) is 0. The van der Waals surface area contributed by atoms with Crippen LogP contribution >= 0.6 is 23.2 Å². The van der Waals surface area contributed by atoms with Gasteiger partial charge in [-0.2, -0.15) is 5.10 Å². The first-order valence-corrected chi connectivity index (χ1v) is 5.38. The van der Waals surface area contributed by atoms with Gasteiger partial charge < -0.3 is 5.32 Å². The number of hydrogen-bond acceptors (Lipinski definition) is 3. The first-order chi connectivity index (χ1) is 7.41. The second-order valence-corrected chi connectivity index (χ2v) is 4.28. The van der Waals surface area contributed by atoms with E-state index in [1.54, 1.807) is 0 Å². The maximum atomic E-state index is 11.5. The molecular formula is C9H11Cl2N3O2. The predicted molar refractivity (Wildman–Crippen MR) is 61.8 cm³/mol. The molecule has 1 aromatic heterocycles. The molecule has 1 N–H and O–H groups in total. The molecule has 1 aromatic rings. The van der Waals surface area contributed by atoms with Crippen molar-refractivity contribution in [3.05, 3.63) is 26.6 Å². The van der Waals surface area contributed by atoms with Crippen LogP contribution in [0, 0.1) is 0 Å². The molecule has 5 nitrogen and oxygen atoms in total. The van der Waals surface area contributed by atoms with Crippen molar-refractivity contribution in [3.63, 3.8) is 0 Å². The molecule has 0 unspecified atom stereocenters. The monoisotopic (exact) mass is 263 g/mol. The first kappa shape index (κ1) is 13.0. The van der Waals surface area contributed by atoms with Crippen molar-refractivity contribution in [2.24, 2.45) is 0 Å². The van der Waals surface area contributed by atoms with Crippen LogP contribution in [-0.4, -0.2) is 21.7 Å². The maximum Gasteiger partial charge on any atom is 0.287 e. The highest BCUT2D eigenvalue weighted by molar-refractivity contribution is 6.41. The van der Waals surface area contributed by atoms with Crippen LogP contribution in [0.4, 0.5) is 0 Å². The molecule has 1 rings (SSSR count). The molecule has 1 heterocycles. The number of hydrogen-bond donors (Lipinski definition) is 1. The number of rotatable bonds is 3. The fourth-order valence-corrected chi connectivity index (χ4v) is 1.33. The average Bonchev–Trinajstić information content (AvgIpc) is 2.18. The van der Waals surface area contributed by atoms with E-state index in [1.807, 2.05) is 13.8 Å². The van der Waals surface area contributed by atoms with E-state index in [2.05, 4.69) is 10.4 Å². The lowest BCUT2D eigenvalue weighted by atomic mass is 10.4. The molecule has 0 spiro atoms. The summed E-state index contributed by atoms with van der Waals surface area (Å²) in [6, 6.07) is 0.00553. The molecule has 0 aliphatic rings. The lowest BCUT2D eigenvalue weighted by molar-refractivity contribution is -0.122. The van der Waals surface area contributed by atoms with Crippen molar-refractivity contribution < 1.29 is 4.79 Å². The highest BCUT2D eigenvalue weighted by Gasteiger charge is 2.10. The van der Waals surface area contributed by atoms with Gasteiger partial charge in [0.2, 0.25) is 5.91 Å². The van der Waals surface area contributed by atoms with Crippen molar-refractivity contribution in [2.75, 3.05) is 0 Å². The van der Waals surface area contributed by atoms with Gasteiger partial charge in [-0.15, -0.1) is 0 Å². The summed E-state index contributed by atoms with van der Waals surface area (Å²) in [6.45, 7) is 3.47. The molecule has 0 bridgehead atoms. The molecule has 16 heavy (non-hydrogen) atoms. The fourth-order valence-electron chi connectivity index (χ4n) is 1.06. The van der Waals surface area contributed by atoms with Crippen molar-refractivity contribution >= 4 is 29.1 Å². The molecule has 0 aliphatic carbocycles. The Morgan fingerprint density at radius 1 is 1.56 bits per heavy atom. The van der Waals surface area contributed by atoms with Crippen LogP contribution in [0.2, 0.25) is 10.0 Å². The number of nitrogens with one attached hydrogen (secondary N) is 1. The minimum atomic E-state index is -0.576. The number of carbonyl (C=O) groups is 1. The van der Waals surface area contributed by atoms with Gasteiger partial charge >= 0.3 is 0 Å². The highest BCUT2D eigenvalue weighted by Crippen LogP contribution is 2.14. The summed E-state index contributed by atoms with van der Waals surface area (Å²) < 4.78 is 0.964. The van der Waals surface area contributed by atoms with Gasteiger partial charge in [-0.05, 0) is 13.8 Å². The Hall–Kier alpha value is -1.07. The first-order valence-electron chi connectivity index (χ1n) is 4.62. The lowest BCUT2D eigenvalue weighted by Gasteiger charge is -2.09. The van der Waals surface area contributed by atoms with Gasteiger partial charge in [0.25, 0.3) is 5.56 Å². The molecular weight excluding hydrogens is 253 g/mol. The Labute approximate surface area is 102 Å². The summed E-state index contributed by atoms with van der Waals surface area (Å²) in [5.74, 6) is -0.303. The zero-order valence-corrected chi connectivity index (χ0v) is 10.3. The number of halogens is 2. The van der Waals surface area contributed by atoms with E-state index >= 15 is 0 Å². The topological polar surface area (TPSA) is 64.0 Å². The second kappa shape index (κ2) is 5.32. The summed E-state index contributed by atoms with van der Waals surface area (Å²) in [5.41, 5.74) is -0.576. The third kappa shape index (κ3) is 3.21. The van der Waals surface area contributed by atoms with E-state index in [0.717, 1.165) is 4.68 Å². The Kier molecular flexibility index (Phi) is 4.32. The van der Waals surface area contributed by atoms with E-state index in [4.69, 9.17) is 23.2 Å². The minimum Gasteiger partial charge on any atom is -0.352 e. The number of carbonyl (C=O) groups excluding carboxylic acids is 1. The molecule has 7 heteroatoms. The molecule has 0 radical (unpaired) electrons. The summed E-state index contributed by atoms with van der Waals surface area (Å²) >= 11 is 11.2. The number of nitrogens with zero attached hydrogens (tertiary/aromatic N) is 2. The molecule has 0 saturated heterocycles. The molecule has 88 valence electrons. The third-order valence-electron chi connectivity index (χ3n) is 1.69. The summed E-state index contributed by atoms with van der Waals surface area (Å²) in [5, 5.41) is 6.30. The Morgan fingerprint density at radius 2 is 2.19 bits per heavy atom. The van der Waals surface area contributed by atoms with E-state index in [9.17, 15) is 9.59 Å². The van der Waals surface area contributed by atoms with E-state index in [1.165, 1.54) is 6.20 Å². The van der Waals surface area contributed by atoms with Crippen LogP contribution in [0.25, 0.3) is 0 Å². The van der Waals surface area contributed by atoms with Crippen LogP contribution in [0.1, 0.15) is 13.8 Å². The second-order valence-electron chi connectivity index (χ2n) is 3.49. The van der Waals surface area contributed by atoms with Crippen molar-refractivity contribution in [1.29, 1.82) is 0 Å². The number of amides is 1. The molecule has 0 saturated carbocycles. The predicted octanol–water partition coefficient (Wildman–Crippen LogP) is 1.07. The van der Waals surface area contributed by atoms with Crippen LogP contribution < -0.4 is 10.9 Å². The van der Waals surface area contributed by atoms with Gasteiger partial charge in [0, 0.05) is 6.04 Å².